The van der Waals surface area contributed by atoms with Gasteiger partial charge in [-0.2, -0.15) is 0 Å². The van der Waals surface area contributed by atoms with Crippen LogP contribution in [0.5, 0.6) is 0 Å². The quantitative estimate of drug-likeness (QED) is 0.277. The van der Waals surface area contributed by atoms with Crippen LogP contribution in [0, 0.1) is 17.4 Å². The van der Waals surface area contributed by atoms with E-state index in [1.165, 1.54) is 4.90 Å². The number of anilines is 1. The average Bonchev–Trinajstić information content (AvgIpc) is 3.00. The molecule has 1 aliphatic heterocycles. The number of imide groups is 1. The summed E-state index contributed by atoms with van der Waals surface area (Å²) in [6.07, 6.45) is 0. The van der Waals surface area contributed by atoms with E-state index < -0.39 is 11.5 Å². The molecule has 0 saturated heterocycles. The van der Waals surface area contributed by atoms with Crippen molar-refractivity contribution in [2.75, 3.05) is 4.90 Å². The monoisotopic (exact) mass is 522 g/mol. The lowest BCUT2D eigenvalue weighted by atomic mass is 10.1. The largest absolute Gasteiger partial charge is 0.403 e. The third kappa shape index (κ3) is 3.16. The zero-order valence-corrected chi connectivity index (χ0v) is 18.8. The molecule has 0 bridgehead atoms. The van der Waals surface area contributed by atoms with Crippen molar-refractivity contribution < 1.29 is 14.0 Å². The van der Waals surface area contributed by atoms with Crippen LogP contribution in [0.25, 0.3) is 22.4 Å². The van der Waals surface area contributed by atoms with Crippen LogP contribution in [0.2, 0.25) is 0 Å². The molecule has 2 heterocycles. The van der Waals surface area contributed by atoms with Crippen LogP contribution in [0.3, 0.4) is 0 Å². The molecule has 0 fully saturated rings. The number of aromatic nitrogens is 1. The zero-order chi connectivity index (χ0) is 21.9. The molecular weight excluding hydrogens is 507 g/mol. The van der Waals surface area contributed by atoms with Crippen LogP contribution in [-0.2, 0) is 0 Å². The molecule has 3 aromatic carbocycles. The van der Waals surface area contributed by atoms with Crippen molar-refractivity contribution in [3.8, 4) is 11.5 Å². The Morgan fingerprint density at radius 2 is 1.61 bits per heavy atom. The molecule has 6 nitrogen and oxygen atoms in total. The second-order valence-corrected chi connectivity index (χ2v) is 8.69. The van der Waals surface area contributed by atoms with Gasteiger partial charge in [-0.1, -0.05) is 6.07 Å². The third-order valence-electron chi connectivity index (χ3n) is 5.47. The summed E-state index contributed by atoms with van der Waals surface area (Å²) in [6, 6.07) is 15.6. The molecule has 2 amide bonds. The SMILES string of the molecule is Cc1ccc(N2C(=O)c3ccc(-c4nc5ccc(I)cc5c(=O)o4)cc3C2=O)cc1C. The third-order valence-corrected chi connectivity index (χ3v) is 6.14. The molecule has 1 aromatic heterocycles. The lowest BCUT2D eigenvalue weighted by molar-refractivity contribution is 0.0926. The highest BCUT2D eigenvalue weighted by atomic mass is 127. The maximum atomic E-state index is 13.1. The van der Waals surface area contributed by atoms with Gasteiger partial charge in [0.15, 0.2) is 0 Å². The lowest BCUT2D eigenvalue weighted by Gasteiger charge is -2.15. The summed E-state index contributed by atoms with van der Waals surface area (Å²) >= 11 is 2.12. The van der Waals surface area contributed by atoms with Crippen LogP contribution in [0.4, 0.5) is 5.69 Å². The van der Waals surface area contributed by atoms with Crippen molar-refractivity contribution in [2.24, 2.45) is 0 Å². The van der Waals surface area contributed by atoms with E-state index in [0.717, 1.165) is 14.7 Å². The summed E-state index contributed by atoms with van der Waals surface area (Å²) < 4.78 is 6.32. The number of fused-ring (bicyclic) bond motifs is 2. The first-order chi connectivity index (χ1) is 14.8. The van der Waals surface area contributed by atoms with Gasteiger partial charge in [0.05, 0.1) is 27.7 Å². The van der Waals surface area contributed by atoms with Crippen LogP contribution in [-0.4, -0.2) is 16.8 Å². The number of aryl methyl sites for hydroxylation is 2. The average molecular weight is 522 g/mol. The molecule has 31 heavy (non-hydrogen) atoms. The summed E-state index contributed by atoms with van der Waals surface area (Å²) in [6.45, 7) is 3.91. The predicted octanol–water partition coefficient (Wildman–Crippen LogP) is 4.88. The van der Waals surface area contributed by atoms with E-state index in [1.807, 2.05) is 32.0 Å². The molecule has 0 unspecified atom stereocenters. The van der Waals surface area contributed by atoms with Gasteiger partial charge in [-0.05, 0) is 96.1 Å². The van der Waals surface area contributed by atoms with E-state index in [9.17, 15) is 14.4 Å². The first-order valence-corrected chi connectivity index (χ1v) is 10.6. The number of carbonyl (C=O) groups excluding carboxylic acids is 2. The first-order valence-electron chi connectivity index (χ1n) is 9.54. The highest BCUT2D eigenvalue weighted by Crippen LogP contribution is 2.32. The molecular formula is C24H15IN2O4. The molecule has 0 spiro atoms. The molecule has 0 aliphatic carbocycles. The van der Waals surface area contributed by atoms with E-state index in [2.05, 4.69) is 27.6 Å². The minimum Gasteiger partial charge on any atom is -0.403 e. The van der Waals surface area contributed by atoms with Gasteiger partial charge in [0.1, 0.15) is 0 Å². The van der Waals surface area contributed by atoms with Crippen molar-refractivity contribution >= 4 is 51.0 Å². The Morgan fingerprint density at radius 3 is 2.39 bits per heavy atom. The Balaban J connectivity index is 1.59. The van der Waals surface area contributed by atoms with Crippen molar-refractivity contribution in [1.29, 1.82) is 0 Å². The van der Waals surface area contributed by atoms with Gasteiger partial charge in [0, 0.05) is 9.13 Å². The minimum atomic E-state index is -0.502. The van der Waals surface area contributed by atoms with Gasteiger partial charge in [0.2, 0.25) is 5.89 Å². The molecule has 0 N–H and O–H groups in total. The van der Waals surface area contributed by atoms with Crippen molar-refractivity contribution in [3.63, 3.8) is 0 Å². The standard InChI is InChI=1S/C24H15IN2O4/c1-12-3-6-16(9-13(12)2)27-22(28)17-7-4-14(10-18(17)23(27)29)21-26-20-8-5-15(25)11-19(20)24(30)31-21/h3-11H,1-2H3. The smallest absolute Gasteiger partial charge is 0.347 e. The minimum absolute atomic E-state index is 0.103. The summed E-state index contributed by atoms with van der Waals surface area (Å²) in [5.74, 6) is -0.688. The Bertz CT molecular complexity index is 1490. The maximum absolute atomic E-state index is 13.1. The Kier molecular flexibility index (Phi) is 4.51. The fraction of sp³-hybridized carbons (Fsp3) is 0.0833. The number of rotatable bonds is 2. The zero-order valence-electron chi connectivity index (χ0n) is 16.6. The Hall–Kier alpha value is -3.33. The van der Waals surface area contributed by atoms with Crippen molar-refractivity contribution in [2.45, 2.75) is 13.8 Å². The molecule has 0 saturated carbocycles. The number of amides is 2. The van der Waals surface area contributed by atoms with Crippen LogP contribution in [0.1, 0.15) is 31.8 Å². The van der Waals surface area contributed by atoms with E-state index in [1.54, 1.807) is 36.4 Å². The molecule has 0 radical (unpaired) electrons. The fourth-order valence-electron chi connectivity index (χ4n) is 3.64. The van der Waals surface area contributed by atoms with Gasteiger partial charge in [0.25, 0.3) is 11.8 Å². The topological polar surface area (TPSA) is 80.5 Å². The van der Waals surface area contributed by atoms with Gasteiger partial charge in [-0.3, -0.25) is 9.59 Å². The highest BCUT2D eigenvalue weighted by molar-refractivity contribution is 14.1. The first kappa shape index (κ1) is 19.6. The second-order valence-electron chi connectivity index (χ2n) is 7.44. The molecule has 7 heteroatoms. The van der Waals surface area contributed by atoms with Crippen LogP contribution >= 0.6 is 22.6 Å². The molecule has 0 atom stereocenters. The van der Waals surface area contributed by atoms with E-state index in [0.29, 0.717) is 27.7 Å². The number of hydrogen-bond donors (Lipinski definition) is 0. The van der Waals surface area contributed by atoms with Crippen molar-refractivity contribution in [3.05, 3.63) is 90.8 Å². The van der Waals surface area contributed by atoms with Gasteiger partial charge in [-0.25, -0.2) is 14.7 Å². The predicted molar refractivity (Wildman–Crippen MR) is 125 cm³/mol. The van der Waals surface area contributed by atoms with E-state index in [-0.39, 0.29) is 17.4 Å². The van der Waals surface area contributed by atoms with Crippen LogP contribution < -0.4 is 10.5 Å². The molecule has 4 aromatic rings. The molecule has 1 aliphatic rings. The maximum Gasteiger partial charge on any atom is 0.347 e. The molecule has 152 valence electrons. The molecule has 5 rings (SSSR count). The number of hydrogen-bond acceptors (Lipinski definition) is 5. The number of halogens is 1. The van der Waals surface area contributed by atoms with Gasteiger partial charge >= 0.3 is 5.63 Å². The van der Waals surface area contributed by atoms with Crippen LogP contribution in [0.15, 0.2) is 63.8 Å². The summed E-state index contributed by atoms with van der Waals surface area (Å²) in [7, 11) is 0. The van der Waals surface area contributed by atoms with E-state index in [4.69, 9.17) is 4.42 Å². The normalized spacial score (nSPS) is 13.2. The fourth-order valence-corrected chi connectivity index (χ4v) is 4.13. The summed E-state index contributed by atoms with van der Waals surface area (Å²) in [5.41, 5.74) is 3.63. The van der Waals surface area contributed by atoms with Crippen molar-refractivity contribution in [1.82, 2.24) is 4.98 Å². The summed E-state index contributed by atoms with van der Waals surface area (Å²) in [5, 5.41) is 0.393. The Labute approximate surface area is 190 Å². The van der Waals surface area contributed by atoms with Gasteiger partial charge < -0.3 is 4.42 Å². The number of carbonyl (C=O) groups is 2. The van der Waals surface area contributed by atoms with Gasteiger partial charge in [-0.15, -0.1) is 0 Å². The summed E-state index contributed by atoms with van der Waals surface area (Å²) in [4.78, 5) is 44.1. The second kappa shape index (κ2) is 7.12. The highest BCUT2D eigenvalue weighted by Gasteiger charge is 2.37. The number of nitrogens with zero attached hydrogens (tertiary/aromatic N) is 2. The Morgan fingerprint density at radius 1 is 0.839 bits per heavy atom. The lowest BCUT2D eigenvalue weighted by Crippen LogP contribution is -2.29. The number of benzene rings is 3. The van der Waals surface area contributed by atoms with E-state index >= 15 is 0 Å².